The van der Waals surface area contributed by atoms with Crippen molar-refractivity contribution in [3.05, 3.63) is 0 Å². The van der Waals surface area contributed by atoms with Gasteiger partial charge in [0.2, 0.25) is 5.91 Å². The van der Waals surface area contributed by atoms with Gasteiger partial charge in [-0.2, -0.15) is 11.8 Å². The van der Waals surface area contributed by atoms with Crippen molar-refractivity contribution in [3.8, 4) is 0 Å². The van der Waals surface area contributed by atoms with Crippen LogP contribution in [0.4, 0.5) is 0 Å². The maximum absolute atomic E-state index is 12.3. The minimum absolute atomic E-state index is 0.00878. The summed E-state index contributed by atoms with van der Waals surface area (Å²) >= 11 is 1.65. The summed E-state index contributed by atoms with van der Waals surface area (Å²) in [5.74, 6) is 0.652. The number of ketones is 2. The van der Waals surface area contributed by atoms with Crippen molar-refractivity contribution >= 4 is 29.2 Å². The molecule has 0 aromatic carbocycles. The summed E-state index contributed by atoms with van der Waals surface area (Å²) in [6.07, 6.45) is 3.52. The average molecular weight is 301 g/mol. The van der Waals surface area contributed by atoms with Gasteiger partial charge in [0.1, 0.15) is 5.78 Å². The lowest BCUT2D eigenvalue weighted by Crippen LogP contribution is -2.44. The minimum atomic E-state index is -0.439. The molecule has 1 N–H and O–H groups in total. The highest BCUT2D eigenvalue weighted by Crippen LogP contribution is 2.14. The number of carbonyl (C=O) groups is 3. The number of nitrogens with one attached hydrogen (secondary N) is 1. The Morgan fingerprint density at radius 2 is 1.75 bits per heavy atom. The second-order valence-corrected chi connectivity index (χ2v) is 6.67. The van der Waals surface area contributed by atoms with Crippen molar-refractivity contribution in [2.75, 3.05) is 12.0 Å². The molecule has 2 unspecified atom stereocenters. The molecule has 5 heteroatoms. The van der Waals surface area contributed by atoms with Gasteiger partial charge in [-0.25, -0.2) is 0 Å². The van der Waals surface area contributed by atoms with E-state index in [0.717, 1.165) is 5.75 Å². The van der Waals surface area contributed by atoms with Crippen LogP contribution in [0.5, 0.6) is 0 Å². The van der Waals surface area contributed by atoms with Crippen molar-refractivity contribution in [2.24, 2.45) is 11.8 Å². The van der Waals surface area contributed by atoms with Gasteiger partial charge in [0.15, 0.2) is 5.78 Å². The number of Topliss-reactive ketones (excluding diaryl/α,β-unsaturated/α-hetero) is 2. The monoisotopic (exact) mass is 301 g/mol. The molecule has 0 spiro atoms. The molecule has 0 saturated heterocycles. The van der Waals surface area contributed by atoms with Gasteiger partial charge in [0.05, 0.1) is 6.04 Å². The van der Waals surface area contributed by atoms with Gasteiger partial charge in [-0.15, -0.1) is 0 Å². The molecule has 0 aromatic heterocycles. The van der Waals surface area contributed by atoms with Gasteiger partial charge in [0.25, 0.3) is 0 Å². The van der Waals surface area contributed by atoms with Crippen molar-refractivity contribution in [3.63, 3.8) is 0 Å². The van der Waals surface area contributed by atoms with Crippen LogP contribution in [0, 0.1) is 11.8 Å². The van der Waals surface area contributed by atoms with Gasteiger partial charge in [-0.1, -0.05) is 13.8 Å². The number of hydrogen-bond acceptors (Lipinski definition) is 4. The van der Waals surface area contributed by atoms with Crippen molar-refractivity contribution in [2.45, 2.75) is 53.0 Å². The molecule has 4 nitrogen and oxygen atoms in total. The van der Waals surface area contributed by atoms with Crippen LogP contribution in [0.2, 0.25) is 0 Å². The molecule has 0 fully saturated rings. The van der Waals surface area contributed by atoms with E-state index in [4.69, 9.17) is 0 Å². The first-order valence-electron chi connectivity index (χ1n) is 7.07. The van der Waals surface area contributed by atoms with Gasteiger partial charge < -0.3 is 10.1 Å². The number of carbonyl (C=O) groups excluding carboxylic acids is 3. The fourth-order valence-electron chi connectivity index (χ4n) is 2.02. The average Bonchev–Trinajstić information content (AvgIpc) is 2.32. The lowest BCUT2D eigenvalue weighted by Gasteiger charge is -2.21. The molecule has 0 radical (unpaired) electrons. The third-order valence-electron chi connectivity index (χ3n) is 3.09. The maximum atomic E-state index is 12.3. The third kappa shape index (κ3) is 8.35. The van der Waals surface area contributed by atoms with Crippen LogP contribution >= 0.6 is 11.8 Å². The first-order chi connectivity index (χ1) is 9.27. The Bertz CT molecular complexity index is 342. The van der Waals surface area contributed by atoms with Crippen LogP contribution in [0.25, 0.3) is 0 Å². The van der Waals surface area contributed by atoms with Crippen LogP contribution in [0.15, 0.2) is 0 Å². The summed E-state index contributed by atoms with van der Waals surface area (Å²) in [5.41, 5.74) is 0. The zero-order chi connectivity index (χ0) is 15.7. The zero-order valence-corrected chi connectivity index (χ0v) is 14.0. The summed E-state index contributed by atoms with van der Waals surface area (Å²) in [4.78, 5) is 35.1. The molecule has 0 bridgehead atoms. The SMILES string of the molecule is CSCCC(CC(C)=O)C(=O)NC(CC(C)C)C(C)=O. The van der Waals surface area contributed by atoms with E-state index in [-0.39, 0.29) is 29.8 Å². The quantitative estimate of drug-likeness (QED) is 0.673. The topological polar surface area (TPSA) is 63.2 Å². The predicted octanol–water partition coefficient (Wildman–Crippen LogP) is 2.45. The molecule has 20 heavy (non-hydrogen) atoms. The Hall–Kier alpha value is -0.840. The van der Waals surface area contributed by atoms with Crippen LogP contribution in [-0.2, 0) is 14.4 Å². The van der Waals surface area contributed by atoms with E-state index in [0.29, 0.717) is 18.8 Å². The van der Waals surface area contributed by atoms with Crippen LogP contribution in [0.3, 0.4) is 0 Å². The Labute approximate surface area is 126 Å². The molecule has 1 amide bonds. The molecule has 0 aliphatic heterocycles. The van der Waals surface area contributed by atoms with Gasteiger partial charge in [-0.3, -0.25) is 9.59 Å². The zero-order valence-electron chi connectivity index (χ0n) is 13.2. The molecular weight excluding hydrogens is 274 g/mol. The number of thioether (sulfide) groups is 1. The lowest BCUT2D eigenvalue weighted by molar-refractivity contribution is -0.131. The second kappa shape index (κ2) is 9.97. The van der Waals surface area contributed by atoms with Crippen molar-refractivity contribution < 1.29 is 14.4 Å². The van der Waals surface area contributed by atoms with Crippen LogP contribution < -0.4 is 5.32 Å². The smallest absolute Gasteiger partial charge is 0.224 e. The van der Waals surface area contributed by atoms with Crippen molar-refractivity contribution in [1.82, 2.24) is 5.32 Å². The number of amides is 1. The summed E-state index contributed by atoms with van der Waals surface area (Å²) in [5, 5.41) is 2.81. The fourth-order valence-corrected chi connectivity index (χ4v) is 2.54. The molecule has 0 saturated carbocycles. The second-order valence-electron chi connectivity index (χ2n) is 5.69. The third-order valence-corrected chi connectivity index (χ3v) is 3.73. The molecule has 0 aliphatic carbocycles. The molecule has 2 atom stereocenters. The van der Waals surface area contributed by atoms with Crippen LogP contribution in [0.1, 0.15) is 47.0 Å². The molecule has 116 valence electrons. The lowest BCUT2D eigenvalue weighted by atomic mass is 9.96. The standard InChI is InChI=1S/C15H27NO3S/c1-10(2)8-14(12(4)18)16-15(19)13(6-7-20-5)9-11(3)17/h10,13-14H,6-9H2,1-5H3,(H,16,19). The molecule has 0 rings (SSSR count). The van der Waals surface area contributed by atoms with Gasteiger partial charge in [0, 0.05) is 12.3 Å². The molecular formula is C15H27NO3S. The molecule has 0 aliphatic rings. The fraction of sp³-hybridized carbons (Fsp3) is 0.800. The summed E-state index contributed by atoms with van der Waals surface area (Å²) in [7, 11) is 0. The Kier molecular flexibility index (Phi) is 9.55. The van der Waals surface area contributed by atoms with E-state index in [1.54, 1.807) is 11.8 Å². The summed E-state index contributed by atoms with van der Waals surface area (Å²) < 4.78 is 0. The van der Waals surface area contributed by atoms with E-state index in [1.165, 1.54) is 13.8 Å². The number of hydrogen-bond donors (Lipinski definition) is 1. The first kappa shape index (κ1) is 19.2. The largest absolute Gasteiger partial charge is 0.346 e. The minimum Gasteiger partial charge on any atom is -0.346 e. The number of rotatable bonds is 10. The molecule has 0 aromatic rings. The van der Waals surface area contributed by atoms with E-state index in [9.17, 15) is 14.4 Å². The Balaban J connectivity index is 4.68. The Morgan fingerprint density at radius 3 is 2.15 bits per heavy atom. The highest BCUT2D eigenvalue weighted by atomic mass is 32.2. The molecule has 0 heterocycles. The van der Waals surface area contributed by atoms with E-state index < -0.39 is 6.04 Å². The van der Waals surface area contributed by atoms with Crippen molar-refractivity contribution in [1.29, 1.82) is 0 Å². The Morgan fingerprint density at radius 1 is 1.15 bits per heavy atom. The maximum Gasteiger partial charge on any atom is 0.224 e. The van der Waals surface area contributed by atoms with E-state index in [1.807, 2.05) is 20.1 Å². The van der Waals surface area contributed by atoms with Crippen LogP contribution in [-0.4, -0.2) is 35.5 Å². The highest BCUT2D eigenvalue weighted by Gasteiger charge is 2.24. The van der Waals surface area contributed by atoms with E-state index >= 15 is 0 Å². The van der Waals surface area contributed by atoms with Gasteiger partial charge >= 0.3 is 0 Å². The summed E-state index contributed by atoms with van der Waals surface area (Å²) in [6.45, 7) is 7.02. The predicted molar refractivity (Wildman–Crippen MR) is 83.9 cm³/mol. The van der Waals surface area contributed by atoms with Gasteiger partial charge in [-0.05, 0) is 44.6 Å². The normalized spacial score (nSPS) is 13.9. The first-order valence-corrected chi connectivity index (χ1v) is 8.46. The van der Waals surface area contributed by atoms with E-state index in [2.05, 4.69) is 5.32 Å². The summed E-state index contributed by atoms with van der Waals surface area (Å²) in [6, 6.07) is -0.439. The highest BCUT2D eigenvalue weighted by molar-refractivity contribution is 7.98.